The third-order valence-electron chi connectivity index (χ3n) is 3.44. The van der Waals surface area contributed by atoms with Crippen LogP contribution in [0, 0.1) is 17.5 Å². The van der Waals surface area contributed by atoms with Gasteiger partial charge in [-0.1, -0.05) is 0 Å². The van der Waals surface area contributed by atoms with E-state index in [0.29, 0.717) is 0 Å². The fraction of sp³-hybridized carbons (Fsp3) is 0. The van der Waals surface area contributed by atoms with Gasteiger partial charge in [-0.3, -0.25) is 0 Å². The average Bonchev–Trinajstić information content (AvgIpc) is 2.63. The van der Waals surface area contributed by atoms with Gasteiger partial charge in [0.1, 0.15) is 0 Å². The Labute approximate surface area is 152 Å². The molecule has 0 atom stereocenters. The number of rotatable bonds is 3. The quantitative estimate of drug-likeness (QED) is 0.337. The van der Waals surface area contributed by atoms with Crippen molar-refractivity contribution >= 4 is 50.9 Å². The van der Waals surface area contributed by atoms with Crippen LogP contribution < -0.4 is 13.1 Å². The SMILES string of the molecule is Fc1c(F)c(Cl)c([As](c2ccccc2)c2ccccc2)c(Cl)c1F. The zero-order valence-electron chi connectivity index (χ0n) is 12.1. The van der Waals surface area contributed by atoms with Gasteiger partial charge >= 0.3 is 152 Å². The van der Waals surface area contributed by atoms with Gasteiger partial charge in [-0.15, -0.1) is 0 Å². The molecule has 0 fully saturated rings. The van der Waals surface area contributed by atoms with Crippen molar-refractivity contribution in [2.24, 2.45) is 0 Å². The number of halogens is 5. The third-order valence-corrected chi connectivity index (χ3v) is 10.0. The van der Waals surface area contributed by atoms with Gasteiger partial charge in [0.2, 0.25) is 0 Å². The second-order valence-electron chi connectivity index (χ2n) is 4.93. The van der Waals surface area contributed by atoms with Gasteiger partial charge in [-0.25, -0.2) is 0 Å². The molecule has 0 radical (unpaired) electrons. The maximum absolute atomic E-state index is 14.0. The minimum absolute atomic E-state index is 0.152. The van der Waals surface area contributed by atoms with Crippen LogP contribution in [0.15, 0.2) is 60.7 Å². The summed E-state index contributed by atoms with van der Waals surface area (Å²) >= 11 is 9.62. The van der Waals surface area contributed by atoms with Crippen LogP contribution in [0.4, 0.5) is 13.2 Å². The van der Waals surface area contributed by atoms with E-state index in [1.165, 1.54) is 0 Å². The molecule has 0 saturated heterocycles. The van der Waals surface area contributed by atoms with E-state index in [9.17, 15) is 13.2 Å². The zero-order valence-corrected chi connectivity index (χ0v) is 15.5. The molecule has 0 amide bonds. The van der Waals surface area contributed by atoms with Crippen LogP contribution in [0.1, 0.15) is 0 Å². The Hall–Kier alpha value is -1.41. The van der Waals surface area contributed by atoms with Crippen molar-refractivity contribution in [3.8, 4) is 0 Å². The summed E-state index contributed by atoms with van der Waals surface area (Å²) in [6.45, 7) is 0. The van der Waals surface area contributed by atoms with Crippen molar-refractivity contribution in [3.63, 3.8) is 0 Å². The Kier molecular flexibility index (Phi) is 5.24. The van der Waals surface area contributed by atoms with Gasteiger partial charge in [-0.2, -0.15) is 0 Å². The molecule has 122 valence electrons. The van der Waals surface area contributed by atoms with E-state index in [0.717, 1.165) is 8.70 Å². The van der Waals surface area contributed by atoms with Crippen LogP contribution in [-0.2, 0) is 0 Å². The first-order valence-electron chi connectivity index (χ1n) is 6.94. The predicted molar refractivity (Wildman–Crippen MR) is 93.9 cm³/mol. The Balaban J connectivity index is 2.33. The van der Waals surface area contributed by atoms with Gasteiger partial charge in [0.25, 0.3) is 0 Å². The molecule has 3 rings (SSSR count). The molecule has 0 bridgehead atoms. The van der Waals surface area contributed by atoms with Crippen LogP contribution in [-0.4, -0.2) is 14.7 Å². The summed E-state index contributed by atoms with van der Waals surface area (Å²) < 4.78 is 43.6. The first-order valence-corrected chi connectivity index (χ1v) is 10.5. The van der Waals surface area contributed by atoms with E-state index in [1.54, 1.807) is 0 Å². The van der Waals surface area contributed by atoms with E-state index in [4.69, 9.17) is 23.2 Å². The molecule has 0 spiro atoms. The molecule has 0 aliphatic carbocycles. The van der Waals surface area contributed by atoms with E-state index in [1.807, 2.05) is 60.7 Å². The monoisotopic (exact) mass is 428 g/mol. The molecule has 0 N–H and O–H groups in total. The van der Waals surface area contributed by atoms with Crippen LogP contribution >= 0.6 is 23.2 Å². The summed E-state index contributed by atoms with van der Waals surface area (Å²) in [5.74, 6) is -4.46. The summed E-state index contributed by atoms with van der Waals surface area (Å²) in [5.41, 5.74) is 0. The van der Waals surface area contributed by atoms with E-state index in [-0.39, 0.29) is 4.35 Å². The Morgan fingerprint density at radius 2 is 0.958 bits per heavy atom. The van der Waals surface area contributed by atoms with Crippen LogP contribution in [0.5, 0.6) is 0 Å². The van der Waals surface area contributed by atoms with Gasteiger partial charge in [0.05, 0.1) is 0 Å². The third kappa shape index (κ3) is 3.09. The van der Waals surface area contributed by atoms with Crippen LogP contribution in [0.2, 0.25) is 10.0 Å². The maximum atomic E-state index is 14.0. The molecular weight excluding hydrogens is 419 g/mol. The normalized spacial score (nSPS) is 11.1. The standard InChI is InChI=1S/C18H10AsCl2F3/c20-14-13(15(21)17(23)18(24)16(14)22)19(11-7-3-1-4-8-11)12-9-5-2-6-10-12/h1-10H. The molecule has 0 saturated carbocycles. The van der Waals surface area contributed by atoms with Crippen molar-refractivity contribution in [2.75, 3.05) is 0 Å². The fourth-order valence-electron chi connectivity index (χ4n) is 2.35. The van der Waals surface area contributed by atoms with Gasteiger partial charge in [0, 0.05) is 0 Å². The summed E-state index contributed by atoms with van der Waals surface area (Å²) in [6, 6.07) is 18.5. The van der Waals surface area contributed by atoms with Crippen LogP contribution in [0.25, 0.3) is 0 Å². The first-order chi connectivity index (χ1) is 11.5. The molecule has 24 heavy (non-hydrogen) atoms. The molecule has 0 aliphatic heterocycles. The van der Waals surface area contributed by atoms with Gasteiger partial charge in [-0.05, 0) is 0 Å². The number of benzene rings is 3. The summed E-state index contributed by atoms with van der Waals surface area (Å²) in [7, 11) is 0. The Morgan fingerprint density at radius 1 is 0.583 bits per heavy atom. The molecular formula is C18H10AsCl2F3. The second kappa shape index (κ2) is 7.23. The van der Waals surface area contributed by atoms with Gasteiger partial charge < -0.3 is 0 Å². The average molecular weight is 429 g/mol. The Morgan fingerprint density at radius 3 is 1.33 bits per heavy atom. The summed E-state index contributed by atoms with van der Waals surface area (Å²) in [6.07, 6.45) is 0. The van der Waals surface area contributed by atoms with E-state index in [2.05, 4.69) is 0 Å². The summed E-state index contributed by atoms with van der Waals surface area (Å²) in [5, 5.41) is -0.904. The zero-order chi connectivity index (χ0) is 17.3. The van der Waals surface area contributed by atoms with Crippen molar-refractivity contribution < 1.29 is 13.2 Å². The summed E-state index contributed by atoms with van der Waals surface area (Å²) in [4.78, 5) is 0. The van der Waals surface area contributed by atoms with Crippen LogP contribution in [0.3, 0.4) is 0 Å². The molecule has 6 heteroatoms. The molecule has 0 aliphatic rings. The minimum atomic E-state index is -2.46. The van der Waals surface area contributed by atoms with E-state index < -0.39 is 42.1 Å². The molecule has 3 aromatic rings. The molecule has 0 aromatic heterocycles. The van der Waals surface area contributed by atoms with Crippen molar-refractivity contribution in [3.05, 3.63) is 88.2 Å². The van der Waals surface area contributed by atoms with Crippen molar-refractivity contribution in [1.29, 1.82) is 0 Å². The van der Waals surface area contributed by atoms with Crippen molar-refractivity contribution in [2.45, 2.75) is 0 Å². The van der Waals surface area contributed by atoms with Gasteiger partial charge in [0.15, 0.2) is 0 Å². The predicted octanol–water partition coefficient (Wildman–Crippen LogP) is 3.93. The fourth-order valence-corrected chi connectivity index (χ4v) is 8.55. The number of hydrogen-bond donors (Lipinski definition) is 0. The van der Waals surface area contributed by atoms with Crippen molar-refractivity contribution in [1.82, 2.24) is 0 Å². The molecule has 0 heterocycles. The van der Waals surface area contributed by atoms with E-state index >= 15 is 0 Å². The number of hydrogen-bond acceptors (Lipinski definition) is 0. The molecule has 3 aromatic carbocycles. The second-order valence-corrected chi connectivity index (χ2v) is 10.2. The first kappa shape index (κ1) is 17.4. The molecule has 0 nitrogen and oxygen atoms in total. The topological polar surface area (TPSA) is 0 Å². The molecule has 0 unspecified atom stereocenters. The Bertz CT molecular complexity index is 802.